The quantitative estimate of drug-likeness (QED) is 0.199. The zero-order valence-electron chi connectivity index (χ0n) is 35.1. The summed E-state index contributed by atoms with van der Waals surface area (Å²) in [7, 11) is 0. The summed E-state index contributed by atoms with van der Waals surface area (Å²) >= 11 is 0. The van der Waals surface area contributed by atoms with Crippen molar-refractivity contribution in [2.45, 2.75) is 107 Å². The highest BCUT2D eigenvalue weighted by atomic mass is 15.2. The molecule has 6 aliphatic carbocycles. The fourth-order valence-electron chi connectivity index (χ4n) is 13.3. The van der Waals surface area contributed by atoms with Crippen LogP contribution in [0.2, 0.25) is 0 Å². The Morgan fingerprint density at radius 3 is 2.34 bits per heavy atom. The first-order valence-corrected chi connectivity index (χ1v) is 23.0. The Labute approximate surface area is 351 Å². The lowest BCUT2D eigenvalue weighted by Gasteiger charge is -2.63. The molecule has 8 unspecified atom stereocenters. The zero-order chi connectivity index (χ0) is 39.5. The van der Waals surface area contributed by atoms with Gasteiger partial charge in [-0.25, -0.2) is 0 Å². The van der Waals surface area contributed by atoms with Gasteiger partial charge in [0.05, 0.1) is 18.1 Å². The Balaban J connectivity index is 1.05. The Morgan fingerprint density at radius 2 is 1.47 bits per heavy atom. The van der Waals surface area contributed by atoms with E-state index in [2.05, 4.69) is 182 Å². The first-order valence-electron chi connectivity index (χ1n) is 23.0. The van der Waals surface area contributed by atoms with E-state index in [1.54, 1.807) is 11.1 Å². The van der Waals surface area contributed by atoms with Crippen molar-refractivity contribution in [1.29, 1.82) is 0 Å². The summed E-state index contributed by atoms with van der Waals surface area (Å²) in [4.78, 5) is 5.84. The number of fused-ring (bicyclic) bond motifs is 7. The second kappa shape index (κ2) is 13.5. The molecular formula is C57H58N2. The van der Waals surface area contributed by atoms with Crippen LogP contribution in [-0.2, 0) is 10.8 Å². The molecule has 0 aromatic heterocycles. The molecule has 0 radical (unpaired) electrons. The molecule has 4 aromatic rings. The van der Waals surface area contributed by atoms with Crippen molar-refractivity contribution in [3.05, 3.63) is 172 Å². The molecule has 2 aliphatic heterocycles. The van der Waals surface area contributed by atoms with Crippen molar-refractivity contribution in [2.75, 3.05) is 4.90 Å². The number of benzene rings is 4. The number of rotatable bonds is 5. The number of hydrogen-bond acceptors (Lipinski definition) is 2. The smallest absolute Gasteiger partial charge is 0.0555 e. The Bertz CT molecular complexity index is 2700. The van der Waals surface area contributed by atoms with Crippen LogP contribution < -0.4 is 15.3 Å². The third-order valence-corrected chi connectivity index (χ3v) is 16.8. The van der Waals surface area contributed by atoms with E-state index in [0.29, 0.717) is 47.8 Å². The first-order chi connectivity index (χ1) is 28.9. The van der Waals surface area contributed by atoms with Crippen LogP contribution in [0.25, 0.3) is 34.1 Å². The van der Waals surface area contributed by atoms with Crippen LogP contribution in [0.3, 0.4) is 0 Å². The van der Waals surface area contributed by atoms with Gasteiger partial charge in [0.25, 0.3) is 0 Å². The predicted octanol–water partition coefficient (Wildman–Crippen LogP) is 11.6. The highest BCUT2D eigenvalue weighted by Gasteiger charge is 2.59. The highest BCUT2D eigenvalue weighted by molar-refractivity contribution is 5.88. The molecule has 0 bridgehead atoms. The minimum absolute atomic E-state index is 0.00200. The van der Waals surface area contributed by atoms with Gasteiger partial charge in [-0.2, -0.15) is 0 Å². The molecule has 296 valence electrons. The van der Waals surface area contributed by atoms with Crippen molar-refractivity contribution in [3.63, 3.8) is 0 Å². The van der Waals surface area contributed by atoms with Crippen LogP contribution in [0.5, 0.6) is 0 Å². The van der Waals surface area contributed by atoms with Crippen LogP contribution >= 0.6 is 0 Å². The summed E-state index contributed by atoms with van der Waals surface area (Å²) in [5.41, 5.74) is 10.4. The second-order valence-electron chi connectivity index (χ2n) is 20.0. The van der Waals surface area contributed by atoms with Crippen molar-refractivity contribution >= 4 is 28.6 Å². The van der Waals surface area contributed by atoms with Crippen LogP contribution in [0.1, 0.15) is 83.3 Å². The lowest BCUT2D eigenvalue weighted by molar-refractivity contribution is 0.109. The van der Waals surface area contributed by atoms with Crippen molar-refractivity contribution < 1.29 is 0 Å². The minimum atomic E-state index is -0.0197. The maximum atomic E-state index is 2.92. The molecule has 8 atom stereocenters. The molecule has 2 heterocycles. The van der Waals surface area contributed by atoms with Gasteiger partial charge < -0.3 is 9.80 Å². The molecule has 12 rings (SSSR count). The molecular weight excluding hydrogens is 713 g/mol. The Kier molecular flexibility index (Phi) is 8.18. The Morgan fingerprint density at radius 1 is 0.678 bits per heavy atom. The van der Waals surface area contributed by atoms with Gasteiger partial charge in [0.1, 0.15) is 0 Å². The van der Waals surface area contributed by atoms with Crippen molar-refractivity contribution in [3.8, 4) is 11.1 Å². The van der Waals surface area contributed by atoms with Gasteiger partial charge in [-0.05, 0) is 130 Å². The number of anilines is 1. The van der Waals surface area contributed by atoms with E-state index in [-0.39, 0.29) is 10.8 Å². The van der Waals surface area contributed by atoms with Gasteiger partial charge >= 0.3 is 0 Å². The topological polar surface area (TPSA) is 6.48 Å². The van der Waals surface area contributed by atoms with Crippen LogP contribution in [-0.4, -0.2) is 29.1 Å². The molecule has 1 saturated carbocycles. The maximum absolute atomic E-state index is 2.92. The summed E-state index contributed by atoms with van der Waals surface area (Å²) in [5.74, 6) is 2.07. The zero-order valence-corrected chi connectivity index (χ0v) is 35.1. The maximum Gasteiger partial charge on any atom is 0.0555 e. The molecule has 0 spiro atoms. The number of allylic oxidation sites excluding steroid dienone is 6. The van der Waals surface area contributed by atoms with Crippen LogP contribution in [0, 0.1) is 23.7 Å². The summed E-state index contributed by atoms with van der Waals surface area (Å²) in [6.45, 7) is 7.78. The summed E-state index contributed by atoms with van der Waals surface area (Å²) in [6.07, 6.45) is 40.2. The summed E-state index contributed by atoms with van der Waals surface area (Å²) in [6, 6.07) is 31.8. The molecule has 1 fully saturated rings. The molecule has 8 aliphatic rings. The third-order valence-electron chi connectivity index (χ3n) is 16.8. The largest absolute Gasteiger partial charge is 0.362 e. The van der Waals surface area contributed by atoms with Crippen LogP contribution in [0.15, 0.2) is 151 Å². The lowest BCUT2D eigenvalue weighted by atomic mass is 9.51. The van der Waals surface area contributed by atoms with E-state index in [0.717, 1.165) is 12.8 Å². The molecule has 0 amide bonds. The van der Waals surface area contributed by atoms with Gasteiger partial charge in [0, 0.05) is 40.1 Å². The van der Waals surface area contributed by atoms with Gasteiger partial charge in [-0.15, -0.1) is 0 Å². The van der Waals surface area contributed by atoms with E-state index in [9.17, 15) is 0 Å². The van der Waals surface area contributed by atoms with Gasteiger partial charge in [-0.1, -0.05) is 155 Å². The fourth-order valence-corrected chi connectivity index (χ4v) is 13.3. The molecule has 59 heavy (non-hydrogen) atoms. The van der Waals surface area contributed by atoms with E-state index in [1.165, 1.54) is 87.8 Å². The molecule has 2 heteroatoms. The van der Waals surface area contributed by atoms with E-state index >= 15 is 0 Å². The summed E-state index contributed by atoms with van der Waals surface area (Å²) < 4.78 is 0. The standard InChI is InChI=1S/C57H58N2/c1-56(2)49-21-10-11-22-53(49)59-54-30-29-48(58(46-27-25-38-14-5-8-17-41(38)32-46)47-28-26-39-15-6-9-18-42(39)33-47)36-50(54)57(3,45-19-12-20-45)52-35-44(34-51(56)55(52)59)43-24-23-37-13-4-7-16-40(37)31-43/h4-8,10-11,13-17,21-26,29-32,34-36,42,45-47,49-50,53-54H,9,12,18-20,27-28,33H2,1-3H3. The number of nitrogens with zero attached hydrogens (tertiary/aromatic N) is 2. The van der Waals surface area contributed by atoms with E-state index in [4.69, 9.17) is 0 Å². The average Bonchev–Trinajstić information content (AvgIpc) is 3.25. The first kappa shape index (κ1) is 35.8. The fraction of sp³-hybridized carbons (Fsp3) is 0.368. The molecule has 0 N–H and O–H groups in total. The van der Waals surface area contributed by atoms with E-state index in [1.807, 2.05) is 0 Å². The lowest BCUT2D eigenvalue weighted by Crippen LogP contribution is -2.64. The molecule has 0 saturated heterocycles. The molecule has 4 aromatic carbocycles. The van der Waals surface area contributed by atoms with E-state index < -0.39 is 0 Å². The van der Waals surface area contributed by atoms with Crippen molar-refractivity contribution in [2.24, 2.45) is 23.7 Å². The van der Waals surface area contributed by atoms with Gasteiger partial charge in [-0.3, -0.25) is 0 Å². The SMILES string of the molecule is CC1(C)c2cc(-c3ccc4ccccc4c3)cc3c2N(C2C=CC=CC21)C1C=CC(N(C2C=c4ccccc4=CC2)C2CC=C4C=CCCC4C2)=CC1C3(C)C1CCC1. The van der Waals surface area contributed by atoms with Crippen molar-refractivity contribution in [1.82, 2.24) is 4.90 Å². The predicted molar refractivity (Wildman–Crippen MR) is 247 cm³/mol. The highest BCUT2D eigenvalue weighted by Crippen LogP contribution is 2.63. The average molecular weight is 771 g/mol. The molecule has 2 nitrogen and oxygen atoms in total. The third kappa shape index (κ3) is 5.43. The van der Waals surface area contributed by atoms with Crippen LogP contribution in [0.4, 0.5) is 5.69 Å². The van der Waals surface area contributed by atoms with Gasteiger partial charge in [0.2, 0.25) is 0 Å². The number of hydrogen-bond donors (Lipinski definition) is 0. The second-order valence-corrected chi connectivity index (χ2v) is 20.0. The monoisotopic (exact) mass is 770 g/mol. The van der Waals surface area contributed by atoms with Gasteiger partial charge in [0.15, 0.2) is 0 Å². The minimum Gasteiger partial charge on any atom is -0.362 e. The Hall–Kier alpha value is -5.08. The normalized spacial score (nSPS) is 31.9. The summed E-state index contributed by atoms with van der Waals surface area (Å²) in [5, 5.41) is 5.40.